The number of hydrogen-bond acceptors (Lipinski definition) is 2. The van der Waals surface area contributed by atoms with Crippen molar-refractivity contribution in [3.8, 4) is 0 Å². The summed E-state index contributed by atoms with van der Waals surface area (Å²) < 4.78 is 0. The van der Waals surface area contributed by atoms with Gasteiger partial charge in [0.2, 0.25) is 0 Å². The van der Waals surface area contributed by atoms with Gasteiger partial charge < -0.3 is 10.0 Å². The molecule has 120 valence electrons. The van der Waals surface area contributed by atoms with E-state index in [4.69, 9.17) is 5.11 Å². The average molecular weight is 301 g/mol. The first-order chi connectivity index (χ1) is 10.5. The van der Waals surface area contributed by atoms with Crippen LogP contribution in [0.2, 0.25) is 0 Å². The molecule has 0 amide bonds. The summed E-state index contributed by atoms with van der Waals surface area (Å²) in [6.45, 7) is 14.0. The summed E-state index contributed by atoms with van der Waals surface area (Å²) in [5.74, 6) is -0.910. The second-order valence-corrected chi connectivity index (χ2v) is 4.81. The predicted molar refractivity (Wildman–Crippen MR) is 93.3 cm³/mol. The zero-order valence-corrected chi connectivity index (χ0v) is 14.3. The van der Waals surface area contributed by atoms with Crippen molar-refractivity contribution in [3.63, 3.8) is 0 Å². The van der Waals surface area contributed by atoms with Crippen LogP contribution in [0.1, 0.15) is 40.2 Å². The monoisotopic (exact) mass is 301 g/mol. The number of hydrogen-bond donors (Lipinski definition) is 1. The van der Waals surface area contributed by atoms with Gasteiger partial charge in [-0.05, 0) is 38.6 Å². The van der Waals surface area contributed by atoms with E-state index in [-0.39, 0.29) is 0 Å². The minimum Gasteiger partial charge on any atom is -0.478 e. The Kier molecular flexibility index (Phi) is 9.35. The van der Waals surface area contributed by atoms with E-state index in [1.165, 1.54) is 0 Å². The molecule has 1 aromatic rings. The average Bonchev–Trinajstić information content (AvgIpc) is 2.53. The van der Waals surface area contributed by atoms with Gasteiger partial charge in [0.1, 0.15) is 0 Å². The van der Waals surface area contributed by atoms with Crippen molar-refractivity contribution in [2.24, 2.45) is 0 Å². The molecule has 0 fully saturated rings. The summed E-state index contributed by atoms with van der Waals surface area (Å²) in [7, 11) is 0. The number of carboxylic acids is 1. The van der Waals surface area contributed by atoms with E-state index in [2.05, 4.69) is 6.58 Å². The van der Waals surface area contributed by atoms with E-state index >= 15 is 0 Å². The van der Waals surface area contributed by atoms with Crippen molar-refractivity contribution in [1.82, 2.24) is 4.90 Å². The number of nitrogens with zero attached hydrogens (tertiary/aromatic N) is 1. The molecule has 3 nitrogen and oxygen atoms in total. The molecule has 0 spiro atoms. The molecule has 1 rings (SSSR count). The maximum Gasteiger partial charge on any atom is 0.331 e. The van der Waals surface area contributed by atoms with E-state index in [0.29, 0.717) is 12.1 Å². The van der Waals surface area contributed by atoms with Crippen molar-refractivity contribution < 1.29 is 9.90 Å². The molecule has 3 heteroatoms. The van der Waals surface area contributed by atoms with Crippen LogP contribution in [-0.2, 0) is 11.3 Å². The Balaban J connectivity index is 0.00000211. The van der Waals surface area contributed by atoms with Crippen LogP contribution in [0, 0.1) is 0 Å². The summed E-state index contributed by atoms with van der Waals surface area (Å²) in [6.07, 6.45) is 3.41. The zero-order chi connectivity index (χ0) is 17.1. The molecule has 0 atom stereocenters. The van der Waals surface area contributed by atoms with Gasteiger partial charge in [0.15, 0.2) is 0 Å². The molecular formula is C19H27NO2. The molecule has 0 radical (unpaired) electrons. The largest absolute Gasteiger partial charge is 0.478 e. The zero-order valence-electron chi connectivity index (χ0n) is 14.3. The van der Waals surface area contributed by atoms with Gasteiger partial charge in [-0.3, -0.25) is 0 Å². The predicted octanol–water partition coefficient (Wildman–Crippen LogP) is 4.98. The first-order valence-electron chi connectivity index (χ1n) is 7.48. The lowest BCUT2D eigenvalue weighted by Crippen LogP contribution is -2.16. The number of carboxylic acid groups (broad SMARTS) is 1. The van der Waals surface area contributed by atoms with Crippen LogP contribution in [0.25, 0.3) is 0 Å². The lowest BCUT2D eigenvalue weighted by molar-refractivity contribution is -0.132. The summed E-state index contributed by atoms with van der Waals surface area (Å²) in [5, 5.41) is 9.02. The van der Waals surface area contributed by atoms with Crippen LogP contribution >= 0.6 is 0 Å². The number of rotatable bonds is 6. The van der Waals surface area contributed by atoms with Crippen LogP contribution in [0.4, 0.5) is 0 Å². The van der Waals surface area contributed by atoms with Crippen LogP contribution in [0.3, 0.4) is 0 Å². The minimum absolute atomic E-state index is 0.307. The van der Waals surface area contributed by atoms with Gasteiger partial charge in [0.25, 0.3) is 0 Å². The fraction of sp³-hybridized carbons (Fsp3) is 0.316. The van der Waals surface area contributed by atoms with Gasteiger partial charge >= 0.3 is 5.97 Å². The maximum absolute atomic E-state index is 11.0. The number of allylic oxidation sites excluding steroid dienone is 2. The van der Waals surface area contributed by atoms with Crippen LogP contribution < -0.4 is 0 Å². The number of benzene rings is 1. The van der Waals surface area contributed by atoms with Crippen molar-refractivity contribution >= 4 is 5.97 Å². The molecule has 22 heavy (non-hydrogen) atoms. The molecule has 0 aliphatic carbocycles. The highest BCUT2D eigenvalue weighted by molar-refractivity contribution is 5.86. The van der Waals surface area contributed by atoms with Crippen molar-refractivity contribution in [2.75, 3.05) is 0 Å². The molecule has 0 aromatic heterocycles. The van der Waals surface area contributed by atoms with Gasteiger partial charge in [-0.1, -0.05) is 56.3 Å². The molecule has 0 aliphatic heterocycles. The van der Waals surface area contributed by atoms with E-state index in [0.717, 1.165) is 16.8 Å². The molecule has 0 unspecified atom stereocenters. The van der Waals surface area contributed by atoms with E-state index in [1.54, 1.807) is 19.2 Å². The smallest absolute Gasteiger partial charge is 0.331 e. The fourth-order valence-electron chi connectivity index (χ4n) is 1.81. The quantitative estimate of drug-likeness (QED) is 0.595. The van der Waals surface area contributed by atoms with Gasteiger partial charge in [-0.25, -0.2) is 4.79 Å². The highest BCUT2D eigenvalue weighted by atomic mass is 16.4. The molecule has 1 N–H and O–H groups in total. The topological polar surface area (TPSA) is 40.5 Å². The third kappa shape index (κ3) is 6.44. The third-order valence-corrected chi connectivity index (χ3v) is 2.93. The third-order valence-electron chi connectivity index (χ3n) is 2.93. The van der Waals surface area contributed by atoms with E-state index in [9.17, 15) is 4.79 Å². The summed E-state index contributed by atoms with van der Waals surface area (Å²) in [6, 6.07) is 10.0. The lowest BCUT2D eigenvalue weighted by Gasteiger charge is -2.23. The summed E-state index contributed by atoms with van der Waals surface area (Å²) in [5.41, 5.74) is 3.36. The van der Waals surface area contributed by atoms with Crippen molar-refractivity contribution in [2.45, 2.75) is 41.2 Å². The van der Waals surface area contributed by atoms with Gasteiger partial charge in [0, 0.05) is 17.8 Å². The first kappa shape index (κ1) is 19.7. The van der Waals surface area contributed by atoms with E-state index in [1.807, 2.05) is 62.9 Å². The molecule has 0 saturated carbocycles. The van der Waals surface area contributed by atoms with Gasteiger partial charge in [0.05, 0.1) is 0 Å². The Hall–Kier alpha value is -2.29. The molecule has 0 aliphatic rings. The first-order valence-corrected chi connectivity index (χ1v) is 7.48. The molecule has 0 saturated heterocycles. The van der Waals surface area contributed by atoms with Crippen LogP contribution in [-0.4, -0.2) is 16.0 Å². The molecular weight excluding hydrogens is 274 g/mol. The second kappa shape index (κ2) is 10.4. The number of aliphatic carboxylic acids is 1. The summed E-state index contributed by atoms with van der Waals surface area (Å²) in [4.78, 5) is 12.9. The lowest BCUT2D eigenvalue weighted by atomic mass is 10.1. The molecule has 1 aromatic carbocycles. The second-order valence-electron chi connectivity index (χ2n) is 4.81. The normalized spacial score (nSPS) is 10.1. The Morgan fingerprint density at radius 1 is 1.18 bits per heavy atom. The highest BCUT2D eigenvalue weighted by Crippen LogP contribution is 2.18. The van der Waals surface area contributed by atoms with Crippen LogP contribution in [0.5, 0.6) is 0 Å². The molecule has 0 heterocycles. The highest BCUT2D eigenvalue weighted by Gasteiger charge is 2.09. The Morgan fingerprint density at radius 2 is 1.73 bits per heavy atom. The Labute approximate surface area is 134 Å². The van der Waals surface area contributed by atoms with Crippen molar-refractivity contribution in [1.29, 1.82) is 0 Å². The molecule has 0 bridgehead atoms. The van der Waals surface area contributed by atoms with Crippen molar-refractivity contribution in [3.05, 3.63) is 71.6 Å². The SMILES string of the molecule is C=CN(Cc1ccccc1)C(/C=C(\C)C(=O)O)=C(C)C.CC. The van der Waals surface area contributed by atoms with Gasteiger partial charge in [-0.2, -0.15) is 0 Å². The van der Waals surface area contributed by atoms with Gasteiger partial charge in [-0.15, -0.1) is 0 Å². The number of carbonyl (C=O) groups is 1. The minimum atomic E-state index is -0.910. The standard InChI is InChI=1S/C17H21NO2.C2H6/c1-5-18(12-15-9-7-6-8-10-15)16(13(2)3)11-14(4)17(19)20;1-2/h5-11H,1,12H2,2-4H3,(H,19,20);1-2H3/b14-11+;. The van der Waals surface area contributed by atoms with E-state index < -0.39 is 5.97 Å². The Bertz CT molecular complexity index is 538. The van der Waals surface area contributed by atoms with Crippen LogP contribution in [0.15, 0.2) is 66.0 Å². The Morgan fingerprint density at radius 3 is 2.14 bits per heavy atom. The fourth-order valence-corrected chi connectivity index (χ4v) is 1.81. The summed E-state index contributed by atoms with van der Waals surface area (Å²) >= 11 is 0. The maximum atomic E-state index is 11.0.